The van der Waals surface area contributed by atoms with E-state index < -0.39 is 8.32 Å². The fourth-order valence-corrected chi connectivity index (χ4v) is 6.13. The zero-order chi connectivity index (χ0) is 19.5. The fraction of sp³-hybridized carbons (Fsp3) is 0.682. The molecule has 2 aliphatic carbocycles. The molecule has 0 saturated heterocycles. The van der Waals surface area contributed by atoms with Crippen LogP contribution in [0.4, 0.5) is 0 Å². The highest BCUT2D eigenvalue weighted by molar-refractivity contribution is 6.74. The largest absolute Gasteiger partial charge is 0.472 e. The van der Waals surface area contributed by atoms with Gasteiger partial charge < -0.3 is 8.84 Å². The normalized spacial score (nSPS) is 31.7. The Morgan fingerprint density at radius 2 is 1.88 bits per heavy atom. The van der Waals surface area contributed by atoms with E-state index in [1.165, 1.54) is 5.57 Å². The third-order valence-corrected chi connectivity index (χ3v) is 11.8. The molecule has 4 heteroatoms. The van der Waals surface area contributed by atoms with Gasteiger partial charge in [-0.2, -0.15) is 0 Å². The summed E-state index contributed by atoms with van der Waals surface area (Å²) in [5, 5.41) is 0.147. The van der Waals surface area contributed by atoms with Crippen molar-refractivity contribution in [1.82, 2.24) is 0 Å². The van der Waals surface area contributed by atoms with Crippen LogP contribution in [0.3, 0.4) is 0 Å². The Morgan fingerprint density at radius 1 is 1.23 bits per heavy atom. The molecule has 0 bridgehead atoms. The Morgan fingerprint density at radius 3 is 2.42 bits per heavy atom. The summed E-state index contributed by atoms with van der Waals surface area (Å²) >= 11 is 0. The van der Waals surface area contributed by atoms with Crippen LogP contribution in [0.2, 0.25) is 18.1 Å². The van der Waals surface area contributed by atoms with Crippen molar-refractivity contribution >= 4 is 14.1 Å². The number of carbonyl (C=O) groups excluding carboxylic acids is 1. The molecule has 144 valence electrons. The quantitative estimate of drug-likeness (QED) is 0.601. The maximum atomic E-state index is 13.1. The first kappa shape index (κ1) is 19.6. The Kier molecular flexibility index (Phi) is 4.48. The first-order valence-corrected chi connectivity index (χ1v) is 12.7. The minimum Gasteiger partial charge on any atom is -0.472 e. The monoisotopic (exact) mass is 374 g/mol. The summed E-state index contributed by atoms with van der Waals surface area (Å²) < 4.78 is 12.3. The number of hydrogen-bond donors (Lipinski definition) is 0. The molecule has 26 heavy (non-hydrogen) atoms. The average molecular weight is 375 g/mol. The summed E-state index contributed by atoms with van der Waals surface area (Å²) in [7, 11) is -1.94. The molecule has 2 aliphatic rings. The van der Waals surface area contributed by atoms with E-state index in [1.54, 1.807) is 12.5 Å². The molecule has 3 atom stereocenters. The molecule has 1 saturated carbocycles. The van der Waals surface area contributed by atoms with Crippen LogP contribution in [0, 0.1) is 10.8 Å². The second kappa shape index (κ2) is 5.93. The number of hydrogen-bond acceptors (Lipinski definition) is 3. The van der Waals surface area contributed by atoms with E-state index in [4.69, 9.17) is 8.84 Å². The minimum atomic E-state index is -1.94. The maximum Gasteiger partial charge on any atom is 0.192 e. The van der Waals surface area contributed by atoms with Gasteiger partial charge >= 0.3 is 0 Å². The van der Waals surface area contributed by atoms with Gasteiger partial charge in [0.1, 0.15) is 0 Å². The molecule has 0 spiro atoms. The predicted molar refractivity (Wildman–Crippen MR) is 108 cm³/mol. The van der Waals surface area contributed by atoms with Gasteiger partial charge in [0.15, 0.2) is 14.1 Å². The Labute approximate surface area is 159 Å². The third kappa shape index (κ3) is 2.86. The molecule has 0 aromatic carbocycles. The van der Waals surface area contributed by atoms with E-state index in [9.17, 15) is 4.79 Å². The molecule has 3 nitrogen and oxygen atoms in total. The van der Waals surface area contributed by atoms with Crippen molar-refractivity contribution in [2.24, 2.45) is 10.8 Å². The van der Waals surface area contributed by atoms with E-state index >= 15 is 0 Å². The van der Waals surface area contributed by atoms with Gasteiger partial charge in [-0.3, -0.25) is 4.79 Å². The molecular formula is C22H34O3Si. The summed E-state index contributed by atoms with van der Waals surface area (Å²) in [5.41, 5.74) is 1.95. The molecule has 1 aromatic rings. The van der Waals surface area contributed by atoms with E-state index in [0.29, 0.717) is 0 Å². The Bertz CT molecular complexity index is 721. The van der Waals surface area contributed by atoms with Crippen molar-refractivity contribution in [3.8, 4) is 0 Å². The molecule has 0 radical (unpaired) electrons. The average Bonchev–Trinajstić information content (AvgIpc) is 3.08. The van der Waals surface area contributed by atoms with Crippen molar-refractivity contribution < 1.29 is 13.6 Å². The van der Waals surface area contributed by atoms with Crippen LogP contribution in [-0.2, 0) is 9.22 Å². The summed E-state index contributed by atoms with van der Waals surface area (Å²) in [6.07, 6.45) is 7.43. The van der Waals surface area contributed by atoms with Crippen LogP contribution in [0.1, 0.15) is 65.9 Å². The predicted octanol–water partition coefficient (Wildman–Crippen LogP) is 6.09. The first-order chi connectivity index (χ1) is 11.8. The van der Waals surface area contributed by atoms with Crippen LogP contribution in [0.25, 0.3) is 0 Å². The molecule has 1 fully saturated rings. The number of rotatable bonds is 3. The smallest absolute Gasteiger partial charge is 0.192 e. The lowest BCUT2D eigenvalue weighted by atomic mass is 9.56. The van der Waals surface area contributed by atoms with E-state index in [1.807, 2.05) is 12.1 Å². The van der Waals surface area contributed by atoms with Crippen molar-refractivity contribution in [2.75, 3.05) is 0 Å². The van der Waals surface area contributed by atoms with Crippen LogP contribution < -0.4 is 0 Å². The van der Waals surface area contributed by atoms with E-state index in [-0.39, 0.29) is 33.7 Å². The Hall–Kier alpha value is -1.13. The number of fused-ring (bicyclic) bond motifs is 1. The van der Waals surface area contributed by atoms with E-state index in [2.05, 4.69) is 54.6 Å². The van der Waals surface area contributed by atoms with Gasteiger partial charge in [0.05, 0.1) is 24.5 Å². The van der Waals surface area contributed by atoms with E-state index in [0.717, 1.165) is 18.4 Å². The second-order valence-corrected chi connectivity index (χ2v) is 15.3. The highest BCUT2D eigenvalue weighted by Gasteiger charge is 2.59. The number of allylic oxidation sites excluding steroid dienone is 1. The molecule has 0 aliphatic heterocycles. The maximum absolute atomic E-state index is 13.1. The van der Waals surface area contributed by atoms with Gasteiger partial charge in [0.2, 0.25) is 0 Å². The van der Waals surface area contributed by atoms with Gasteiger partial charge in [-0.25, -0.2) is 0 Å². The van der Waals surface area contributed by atoms with Gasteiger partial charge in [0, 0.05) is 11.0 Å². The molecular weight excluding hydrogens is 340 g/mol. The lowest BCUT2D eigenvalue weighted by molar-refractivity contribution is -0.118. The molecule has 0 unspecified atom stereocenters. The summed E-state index contributed by atoms with van der Waals surface area (Å²) in [5.74, 6) is -0.00620. The lowest BCUT2D eigenvalue weighted by Gasteiger charge is -2.53. The van der Waals surface area contributed by atoms with Crippen LogP contribution >= 0.6 is 0 Å². The molecule has 0 amide bonds. The topological polar surface area (TPSA) is 39.4 Å². The number of ketones is 1. The SMILES string of the molecule is CC1(C)CC[C@H](O[Si](C)(C)C(C)(C)C)[C@]2(C)C1=CC(=O)[C@H]2c1ccoc1. The molecule has 1 aromatic heterocycles. The van der Waals surface area contributed by atoms with Crippen LogP contribution in [0.15, 0.2) is 34.7 Å². The van der Waals surface area contributed by atoms with Crippen molar-refractivity contribution in [2.45, 2.75) is 84.5 Å². The highest BCUT2D eigenvalue weighted by atomic mass is 28.4. The standard InChI is InChI=1S/C22H34O3Si/c1-20(2,3)26(7,8)25-18-9-11-21(4,5)17-13-16(23)19(22(17,18)6)15-10-12-24-14-15/h10,12-14,18-19H,9,11H2,1-8H3/t18-,19+,22-/m0/s1. The van der Waals surface area contributed by atoms with Gasteiger partial charge in [-0.15, -0.1) is 0 Å². The summed E-state index contributed by atoms with van der Waals surface area (Å²) in [6.45, 7) is 18.2. The second-order valence-electron chi connectivity index (χ2n) is 10.5. The minimum absolute atomic E-state index is 0.0240. The molecule has 0 N–H and O–H groups in total. The zero-order valence-electron chi connectivity index (χ0n) is 17.6. The summed E-state index contributed by atoms with van der Waals surface area (Å²) in [6, 6.07) is 1.94. The molecule has 1 heterocycles. The van der Waals surface area contributed by atoms with Crippen molar-refractivity contribution in [1.29, 1.82) is 0 Å². The van der Waals surface area contributed by atoms with Gasteiger partial charge in [0.25, 0.3) is 0 Å². The van der Waals surface area contributed by atoms with Crippen LogP contribution in [-0.4, -0.2) is 20.2 Å². The zero-order valence-corrected chi connectivity index (χ0v) is 18.6. The fourth-order valence-electron chi connectivity index (χ4n) is 4.71. The lowest BCUT2D eigenvalue weighted by Crippen LogP contribution is -2.53. The van der Waals surface area contributed by atoms with Gasteiger partial charge in [-0.05, 0) is 48.5 Å². The molecule has 3 rings (SSSR count). The van der Waals surface area contributed by atoms with Crippen LogP contribution in [0.5, 0.6) is 0 Å². The van der Waals surface area contributed by atoms with Crippen molar-refractivity contribution in [3.05, 3.63) is 35.8 Å². The number of carbonyl (C=O) groups is 1. The first-order valence-electron chi connectivity index (χ1n) is 9.77. The summed E-state index contributed by atoms with van der Waals surface area (Å²) in [4.78, 5) is 13.1. The third-order valence-electron chi connectivity index (χ3n) is 7.30. The Balaban J connectivity index is 2.07. The number of furan rings is 1. The van der Waals surface area contributed by atoms with Crippen molar-refractivity contribution in [3.63, 3.8) is 0 Å². The van der Waals surface area contributed by atoms with Gasteiger partial charge in [-0.1, -0.05) is 47.1 Å². The highest BCUT2D eigenvalue weighted by Crippen LogP contribution is 2.62.